The summed E-state index contributed by atoms with van der Waals surface area (Å²) in [5.74, 6) is 0.751. The van der Waals surface area contributed by atoms with Crippen molar-refractivity contribution in [2.75, 3.05) is 0 Å². The van der Waals surface area contributed by atoms with E-state index in [1.807, 2.05) is 0 Å². The minimum atomic E-state index is 0.428. The maximum Gasteiger partial charge on any atom is 0.0364 e. The zero-order valence-corrected chi connectivity index (χ0v) is 12.3. The summed E-state index contributed by atoms with van der Waals surface area (Å²) < 4.78 is 0. The standard InChI is InChI=1S/C16H21ClS/c17-15-8-3-1-2-6-12(15)10-14-11-13-7-4-5-9-16(13)18-14/h4-5,7,9,12,14-15H,1-3,6,8,10-11H2. The molecule has 3 atom stereocenters. The first kappa shape index (κ1) is 12.9. The highest BCUT2D eigenvalue weighted by atomic mass is 35.5. The number of benzene rings is 1. The normalized spacial score (nSPS) is 31.9. The molecule has 18 heavy (non-hydrogen) atoms. The number of hydrogen-bond donors (Lipinski definition) is 0. The third-order valence-corrected chi connectivity index (χ3v) is 6.27. The van der Waals surface area contributed by atoms with Crippen LogP contribution in [0.3, 0.4) is 0 Å². The van der Waals surface area contributed by atoms with Crippen LogP contribution in [0.1, 0.15) is 44.1 Å². The van der Waals surface area contributed by atoms with Crippen molar-refractivity contribution in [3.05, 3.63) is 29.8 Å². The average Bonchev–Trinajstić information content (AvgIpc) is 2.68. The van der Waals surface area contributed by atoms with Crippen molar-refractivity contribution in [2.45, 2.75) is 60.5 Å². The lowest BCUT2D eigenvalue weighted by molar-refractivity contribution is 0.429. The molecule has 1 aliphatic heterocycles. The molecular formula is C16H21ClS. The van der Waals surface area contributed by atoms with Gasteiger partial charge in [-0.2, -0.15) is 0 Å². The van der Waals surface area contributed by atoms with Crippen LogP contribution in [0, 0.1) is 5.92 Å². The Morgan fingerprint density at radius 3 is 2.83 bits per heavy atom. The quantitative estimate of drug-likeness (QED) is 0.524. The molecule has 1 aromatic carbocycles. The second-order valence-electron chi connectivity index (χ2n) is 5.70. The van der Waals surface area contributed by atoms with Crippen molar-refractivity contribution in [1.29, 1.82) is 0 Å². The van der Waals surface area contributed by atoms with E-state index < -0.39 is 0 Å². The first-order chi connectivity index (χ1) is 8.83. The van der Waals surface area contributed by atoms with Gasteiger partial charge in [-0.25, -0.2) is 0 Å². The fourth-order valence-electron chi connectivity index (χ4n) is 3.33. The smallest absolute Gasteiger partial charge is 0.0364 e. The zero-order valence-electron chi connectivity index (χ0n) is 10.8. The Bertz CT molecular complexity index is 379. The molecule has 98 valence electrons. The average molecular weight is 281 g/mol. The van der Waals surface area contributed by atoms with Gasteiger partial charge in [0.1, 0.15) is 0 Å². The molecule has 3 rings (SSSR count). The van der Waals surface area contributed by atoms with Crippen LogP contribution in [0.4, 0.5) is 0 Å². The first-order valence-corrected chi connectivity index (χ1v) is 8.53. The van der Waals surface area contributed by atoms with E-state index in [9.17, 15) is 0 Å². The Morgan fingerprint density at radius 2 is 1.94 bits per heavy atom. The lowest BCUT2D eigenvalue weighted by Crippen LogP contribution is -2.18. The van der Waals surface area contributed by atoms with Crippen LogP contribution in [0.5, 0.6) is 0 Å². The molecule has 0 radical (unpaired) electrons. The van der Waals surface area contributed by atoms with Gasteiger partial charge in [-0.1, -0.05) is 37.5 Å². The summed E-state index contributed by atoms with van der Waals surface area (Å²) in [5, 5.41) is 1.20. The highest BCUT2D eigenvalue weighted by molar-refractivity contribution is 8.00. The molecule has 2 heteroatoms. The summed E-state index contributed by atoms with van der Waals surface area (Å²) in [6.07, 6.45) is 9.26. The van der Waals surface area contributed by atoms with E-state index in [1.54, 1.807) is 5.56 Å². The number of alkyl halides is 1. The van der Waals surface area contributed by atoms with E-state index in [0.717, 1.165) is 11.2 Å². The second kappa shape index (κ2) is 5.88. The highest BCUT2D eigenvalue weighted by Crippen LogP contribution is 2.42. The van der Waals surface area contributed by atoms with E-state index in [4.69, 9.17) is 11.6 Å². The molecular weight excluding hydrogens is 260 g/mol. The van der Waals surface area contributed by atoms with Gasteiger partial charge in [-0.15, -0.1) is 23.4 Å². The summed E-state index contributed by atoms with van der Waals surface area (Å²) in [6, 6.07) is 8.88. The molecule has 0 saturated heterocycles. The summed E-state index contributed by atoms with van der Waals surface area (Å²) in [4.78, 5) is 1.50. The minimum absolute atomic E-state index is 0.428. The SMILES string of the molecule is ClC1CCCCCC1CC1Cc2ccccc2S1. The Hall–Kier alpha value is -0.140. The van der Waals surface area contributed by atoms with E-state index in [1.165, 1.54) is 49.8 Å². The third-order valence-electron chi connectivity index (χ3n) is 4.35. The maximum absolute atomic E-state index is 6.57. The van der Waals surface area contributed by atoms with Crippen LogP contribution < -0.4 is 0 Å². The maximum atomic E-state index is 6.57. The van der Waals surface area contributed by atoms with Crippen molar-refractivity contribution in [1.82, 2.24) is 0 Å². The second-order valence-corrected chi connectivity index (χ2v) is 7.60. The van der Waals surface area contributed by atoms with Gasteiger partial charge in [0.05, 0.1) is 0 Å². The zero-order chi connectivity index (χ0) is 12.4. The third kappa shape index (κ3) is 2.88. The highest BCUT2D eigenvalue weighted by Gasteiger charge is 2.28. The van der Waals surface area contributed by atoms with Gasteiger partial charge in [0.2, 0.25) is 0 Å². The summed E-state index contributed by atoms with van der Waals surface area (Å²) in [5.41, 5.74) is 1.55. The Labute approximate surface area is 119 Å². The topological polar surface area (TPSA) is 0 Å². The largest absolute Gasteiger partial charge is 0.123 e. The molecule has 3 unspecified atom stereocenters. The molecule has 1 fully saturated rings. The minimum Gasteiger partial charge on any atom is -0.123 e. The number of hydrogen-bond acceptors (Lipinski definition) is 1. The van der Waals surface area contributed by atoms with Gasteiger partial charge in [0.25, 0.3) is 0 Å². The monoisotopic (exact) mass is 280 g/mol. The molecule has 2 aliphatic rings. The van der Waals surface area contributed by atoms with Crippen LogP contribution >= 0.6 is 23.4 Å². The van der Waals surface area contributed by atoms with Gasteiger partial charge in [0, 0.05) is 15.5 Å². The molecule has 0 amide bonds. The van der Waals surface area contributed by atoms with Crippen molar-refractivity contribution >= 4 is 23.4 Å². The molecule has 0 spiro atoms. The fraction of sp³-hybridized carbons (Fsp3) is 0.625. The van der Waals surface area contributed by atoms with Crippen LogP contribution in [-0.4, -0.2) is 10.6 Å². The van der Waals surface area contributed by atoms with Crippen molar-refractivity contribution in [2.24, 2.45) is 5.92 Å². The summed E-state index contributed by atoms with van der Waals surface area (Å²) >= 11 is 8.65. The number of rotatable bonds is 2. The molecule has 1 heterocycles. The van der Waals surface area contributed by atoms with Gasteiger partial charge < -0.3 is 0 Å². The molecule has 0 N–H and O–H groups in total. The summed E-state index contributed by atoms with van der Waals surface area (Å²) in [7, 11) is 0. The molecule has 0 nitrogen and oxygen atoms in total. The van der Waals surface area contributed by atoms with Crippen molar-refractivity contribution in [3.63, 3.8) is 0 Å². The molecule has 0 aromatic heterocycles. The lowest BCUT2D eigenvalue weighted by atomic mass is 9.92. The van der Waals surface area contributed by atoms with Gasteiger partial charge >= 0.3 is 0 Å². The van der Waals surface area contributed by atoms with Gasteiger partial charge in [-0.05, 0) is 43.2 Å². The Kier molecular flexibility index (Phi) is 4.20. The van der Waals surface area contributed by atoms with Crippen molar-refractivity contribution in [3.8, 4) is 0 Å². The predicted octanol–water partition coefficient (Wildman–Crippen LogP) is 5.28. The summed E-state index contributed by atoms with van der Waals surface area (Å²) in [6.45, 7) is 0. The van der Waals surface area contributed by atoms with E-state index in [-0.39, 0.29) is 0 Å². The predicted molar refractivity (Wildman–Crippen MR) is 80.6 cm³/mol. The van der Waals surface area contributed by atoms with Gasteiger partial charge in [-0.3, -0.25) is 0 Å². The number of halogens is 1. The molecule has 1 aliphatic carbocycles. The van der Waals surface area contributed by atoms with E-state index in [2.05, 4.69) is 36.0 Å². The van der Waals surface area contributed by atoms with Crippen molar-refractivity contribution < 1.29 is 0 Å². The first-order valence-electron chi connectivity index (χ1n) is 7.21. The molecule has 1 aromatic rings. The van der Waals surface area contributed by atoms with E-state index in [0.29, 0.717) is 5.38 Å². The molecule has 1 saturated carbocycles. The van der Waals surface area contributed by atoms with Crippen LogP contribution in [0.2, 0.25) is 0 Å². The van der Waals surface area contributed by atoms with Crippen LogP contribution in [0.25, 0.3) is 0 Å². The van der Waals surface area contributed by atoms with E-state index >= 15 is 0 Å². The Balaban J connectivity index is 1.61. The van der Waals surface area contributed by atoms with Gasteiger partial charge in [0.15, 0.2) is 0 Å². The fourth-order valence-corrected chi connectivity index (χ4v) is 5.14. The molecule has 0 bridgehead atoms. The lowest BCUT2D eigenvalue weighted by Gasteiger charge is -2.22. The number of fused-ring (bicyclic) bond motifs is 1. The Morgan fingerprint density at radius 1 is 1.11 bits per heavy atom. The number of thioether (sulfide) groups is 1. The van der Waals surface area contributed by atoms with Crippen LogP contribution in [0.15, 0.2) is 29.2 Å². The van der Waals surface area contributed by atoms with Crippen LogP contribution in [-0.2, 0) is 6.42 Å².